The van der Waals surface area contributed by atoms with E-state index in [4.69, 9.17) is 5.73 Å². The van der Waals surface area contributed by atoms with Crippen LogP contribution < -0.4 is 11.1 Å². The Hall–Kier alpha value is -1.60. The fourth-order valence-corrected chi connectivity index (χ4v) is 4.85. The molecular formula is C16H23N3O3S. The number of hydrogen-bond donors (Lipinski definition) is 2. The van der Waals surface area contributed by atoms with Crippen LogP contribution in [0.3, 0.4) is 0 Å². The molecule has 126 valence electrons. The van der Waals surface area contributed by atoms with Crippen molar-refractivity contribution in [2.45, 2.75) is 43.9 Å². The molecule has 0 spiro atoms. The number of benzene rings is 1. The van der Waals surface area contributed by atoms with Gasteiger partial charge < -0.3 is 11.1 Å². The van der Waals surface area contributed by atoms with Gasteiger partial charge in [-0.1, -0.05) is 6.07 Å². The molecule has 1 aliphatic carbocycles. The predicted octanol–water partition coefficient (Wildman–Crippen LogP) is 1.26. The summed E-state index contributed by atoms with van der Waals surface area (Å²) in [5.41, 5.74) is 7.77. The monoisotopic (exact) mass is 337 g/mol. The van der Waals surface area contributed by atoms with Crippen LogP contribution in [0.1, 0.15) is 41.6 Å². The number of rotatable bonds is 4. The van der Waals surface area contributed by atoms with Crippen LogP contribution >= 0.6 is 0 Å². The number of carbonyl (C=O) groups excluding carboxylic acids is 1. The Labute approximate surface area is 137 Å². The van der Waals surface area contributed by atoms with Crippen LogP contribution in [0, 0.1) is 6.92 Å². The van der Waals surface area contributed by atoms with E-state index < -0.39 is 10.0 Å². The Bertz CT molecular complexity index is 705. The number of carbonyl (C=O) groups is 1. The van der Waals surface area contributed by atoms with E-state index in [2.05, 4.69) is 5.32 Å². The van der Waals surface area contributed by atoms with E-state index in [0.29, 0.717) is 37.2 Å². The standard InChI is InChI=1S/C16H23N3O3S/c1-11-2-3-12(17)10-15(11)16(20)18-13-6-8-19(9-7-13)23(21,22)14-4-5-14/h2-3,10,13-14H,4-9,17H2,1H3,(H,18,20). The van der Waals surface area contributed by atoms with Crippen LogP contribution in [0.2, 0.25) is 0 Å². The lowest BCUT2D eigenvalue weighted by atomic mass is 10.0. The Morgan fingerprint density at radius 1 is 1.22 bits per heavy atom. The molecule has 0 bridgehead atoms. The molecule has 0 unspecified atom stereocenters. The Kier molecular flexibility index (Phi) is 4.33. The third kappa shape index (κ3) is 3.50. The average molecular weight is 337 g/mol. The van der Waals surface area contributed by atoms with E-state index in [1.165, 1.54) is 0 Å². The second-order valence-electron chi connectivity index (χ2n) is 6.47. The summed E-state index contributed by atoms with van der Waals surface area (Å²) >= 11 is 0. The van der Waals surface area contributed by atoms with Gasteiger partial charge in [-0.25, -0.2) is 12.7 Å². The summed E-state index contributed by atoms with van der Waals surface area (Å²) in [5.74, 6) is -0.140. The lowest BCUT2D eigenvalue weighted by Gasteiger charge is -2.31. The smallest absolute Gasteiger partial charge is 0.251 e. The van der Waals surface area contributed by atoms with Crippen molar-refractivity contribution in [3.63, 3.8) is 0 Å². The number of sulfonamides is 1. The molecule has 1 aromatic rings. The van der Waals surface area contributed by atoms with Crippen molar-refractivity contribution in [2.24, 2.45) is 0 Å². The lowest BCUT2D eigenvalue weighted by Crippen LogP contribution is -2.47. The molecule has 3 N–H and O–H groups in total. The average Bonchev–Trinajstić information content (AvgIpc) is 3.35. The second-order valence-corrected chi connectivity index (χ2v) is 8.68. The molecule has 2 fully saturated rings. The van der Waals surface area contributed by atoms with E-state index >= 15 is 0 Å². The fraction of sp³-hybridized carbons (Fsp3) is 0.562. The Balaban J connectivity index is 1.58. The van der Waals surface area contributed by atoms with Crippen LogP contribution in [-0.4, -0.2) is 43.0 Å². The van der Waals surface area contributed by atoms with Gasteiger partial charge in [0.25, 0.3) is 5.91 Å². The van der Waals surface area contributed by atoms with Crippen molar-refractivity contribution in [1.29, 1.82) is 0 Å². The first-order valence-corrected chi connectivity index (χ1v) is 9.54. The zero-order chi connectivity index (χ0) is 16.6. The van der Waals surface area contributed by atoms with Gasteiger partial charge in [-0.05, 0) is 50.3 Å². The summed E-state index contributed by atoms with van der Waals surface area (Å²) in [7, 11) is -3.10. The molecule has 7 heteroatoms. The minimum absolute atomic E-state index is 0.00832. The third-order valence-corrected chi connectivity index (χ3v) is 7.00. The van der Waals surface area contributed by atoms with E-state index in [1.807, 2.05) is 13.0 Å². The molecular weight excluding hydrogens is 314 g/mol. The van der Waals surface area contributed by atoms with Crippen molar-refractivity contribution in [3.05, 3.63) is 29.3 Å². The van der Waals surface area contributed by atoms with E-state index in [0.717, 1.165) is 18.4 Å². The van der Waals surface area contributed by atoms with Gasteiger partial charge in [0.15, 0.2) is 0 Å². The fourth-order valence-electron chi connectivity index (χ4n) is 2.98. The maximum atomic E-state index is 12.4. The van der Waals surface area contributed by atoms with Gasteiger partial charge in [-0.3, -0.25) is 4.79 Å². The Morgan fingerprint density at radius 2 is 1.87 bits per heavy atom. The zero-order valence-corrected chi connectivity index (χ0v) is 14.1. The highest BCUT2D eigenvalue weighted by Crippen LogP contribution is 2.32. The molecule has 0 radical (unpaired) electrons. The molecule has 1 aromatic carbocycles. The van der Waals surface area contributed by atoms with Crippen LogP contribution in [-0.2, 0) is 10.0 Å². The van der Waals surface area contributed by atoms with Crippen molar-refractivity contribution < 1.29 is 13.2 Å². The van der Waals surface area contributed by atoms with E-state index in [-0.39, 0.29) is 17.2 Å². The number of nitrogens with one attached hydrogen (secondary N) is 1. The Morgan fingerprint density at radius 3 is 2.48 bits per heavy atom. The highest BCUT2D eigenvalue weighted by atomic mass is 32.2. The number of nitrogen functional groups attached to an aromatic ring is 1. The number of amides is 1. The normalized spacial score (nSPS) is 20.4. The molecule has 1 saturated carbocycles. The number of nitrogens with zero attached hydrogens (tertiary/aromatic N) is 1. The summed E-state index contributed by atoms with van der Waals surface area (Å²) in [6, 6.07) is 5.29. The van der Waals surface area contributed by atoms with Gasteiger partial charge in [-0.15, -0.1) is 0 Å². The quantitative estimate of drug-likeness (QED) is 0.809. The minimum Gasteiger partial charge on any atom is -0.399 e. The second kappa shape index (κ2) is 6.13. The van der Waals surface area contributed by atoms with Crippen molar-refractivity contribution in [2.75, 3.05) is 18.8 Å². The molecule has 1 saturated heterocycles. The van der Waals surface area contributed by atoms with Crippen LogP contribution in [0.5, 0.6) is 0 Å². The molecule has 6 nitrogen and oxygen atoms in total. The molecule has 3 rings (SSSR count). The molecule has 23 heavy (non-hydrogen) atoms. The van der Waals surface area contributed by atoms with Crippen LogP contribution in [0.15, 0.2) is 18.2 Å². The number of piperidine rings is 1. The third-order valence-electron chi connectivity index (χ3n) is 4.60. The molecule has 1 heterocycles. The maximum Gasteiger partial charge on any atom is 0.251 e. The van der Waals surface area contributed by atoms with E-state index in [1.54, 1.807) is 16.4 Å². The number of nitrogens with two attached hydrogens (primary N) is 1. The lowest BCUT2D eigenvalue weighted by molar-refractivity contribution is 0.0923. The molecule has 0 aromatic heterocycles. The number of aryl methyl sites for hydroxylation is 1. The molecule has 0 atom stereocenters. The molecule has 2 aliphatic rings. The summed E-state index contributed by atoms with van der Waals surface area (Å²) in [5, 5.41) is 2.84. The first kappa shape index (κ1) is 16.3. The number of anilines is 1. The van der Waals surface area contributed by atoms with Gasteiger partial charge in [0, 0.05) is 30.4 Å². The van der Waals surface area contributed by atoms with Crippen molar-refractivity contribution >= 4 is 21.6 Å². The van der Waals surface area contributed by atoms with Gasteiger partial charge in [0.1, 0.15) is 0 Å². The van der Waals surface area contributed by atoms with Crippen LogP contribution in [0.25, 0.3) is 0 Å². The summed E-state index contributed by atoms with van der Waals surface area (Å²) < 4.78 is 26.0. The number of hydrogen-bond acceptors (Lipinski definition) is 4. The topological polar surface area (TPSA) is 92.5 Å². The highest BCUT2D eigenvalue weighted by molar-refractivity contribution is 7.90. The summed E-state index contributed by atoms with van der Waals surface area (Å²) in [4.78, 5) is 12.4. The highest BCUT2D eigenvalue weighted by Gasteiger charge is 2.41. The first-order chi connectivity index (χ1) is 10.9. The van der Waals surface area contributed by atoms with Gasteiger partial charge in [-0.2, -0.15) is 0 Å². The largest absolute Gasteiger partial charge is 0.399 e. The predicted molar refractivity (Wildman–Crippen MR) is 89.6 cm³/mol. The maximum absolute atomic E-state index is 12.4. The zero-order valence-electron chi connectivity index (χ0n) is 13.3. The van der Waals surface area contributed by atoms with Gasteiger partial charge >= 0.3 is 0 Å². The summed E-state index contributed by atoms with van der Waals surface area (Å²) in [6.45, 7) is 2.85. The van der Waals surface area contributed by atoms with Gasteiger partial charge in [0.05, 0.1) is 5.25 Å². The SMILES string of the molecule is Cc1ccc(N)cc1C(=O)NC1CCN(S(=O)(=O)C2CC2)CC1. The van der Waals surface area contributed by atoms with Crippen LogP contribution in [0.4, 0.5) is 5.69 Å². The minimum atomic E-state index is -3.10. The van der Waals surface area contributed by atoms with Gasteiger partial charge in [0.2, 0.25) is 10.0 Å². The van der Waals surface area contributed by atoms with Crippen molar-refractivity contribution in [3.8, 4) is 0 Å². The van der Waals surface area contributed by atoms with E-state index in [9.17, 15) is 13.2 Å². The molecule has 1 amide bonds. The summed E-state index contributed by atoms with van der Waals surface area (Å²) in [6.07, 6.45) is 2.87. The first-order valence-electron chi connectivity index (χ1n) is 8.04. The van der Waals surface area contributed by atoms with Crippen molar-refractivity contribution in [1.82, 2.24) is 9.62 Å². The molecule has 1 aliphatic heterocycles.